The molecule has 1 unspecified atom stereocenters. The van der Waals surface area contributed by atoms with Gasteiger partial charge in [-0.2, -0.15) is 0 Å². The van der Waals surface area contributed by atoms with E-state index in [1.807, 2.05) is 24.3 Å². The lowest BCUT2D eigenvalue weighted by Gasteiger charge is -2.22. The highest BCUT2D eigenvalue weighted by molar-refractivity contribution is 6.11. The van der Waals surface area contributed by atoms with Crippen molar-refractivity contribution >= 4 is 23.5 Å². The zero-order valence-electron chi connectivity index (χ0n) is 20.4. The molecule has 0 aromatic heterocycles. The molecule has 1 saturated heterocycles. The molecule has 35 heavy (non-hydrogen) atoms. The number of urea groups is 1. The number of rotatable bonds is 10. The van der Waals surface area contributed by atoms with E-state index in [2.05, 4.69) is 29.4 Å². The highest BCUT2D eigenvalue weighted by Gasteiger charge is 2.55. The number of amides is 4. The van der Waals surface area contributed by atoms with E-state index in [1.165, 1.54) is 0 Å². The number of imide groups is 1. The van der Waals surface area contributed by atoms with Crippen molar-refractivity contribution in [3.8, 4) is 11.5 Å². The van der Waals surface area contributed by atoms with E-state index in [-0.39, 0.29) is 6.54 Å². The number of carbonyl (C=O) groups excluding carboxylic acids is 3. The van der Waals surface area contributed by atoms with Gasteiger partial charge >= 0.3 is 6.03 Å². The summed E-state index contributed by atoms with van der Waals surface area (Å²) in [5.41, 5.74) is 1.25. The molecule has 2 aliphatic rings. The van der Waals surface area contributed by atoms with Gasteiger partial charge in [-0.3, -0.25) is 14.5 Å². The number of hydrogen-bond acceptors (Lipinski definition) is 6. The van der Waals surface area contributed by atoms with Gasteiger partial charge in [0, 0.05) is 18.3 Å². The van der Waals surface area contributed by atoms with Crippen molar-refractivity contribution in [2.75, 3.05) is 45.2 Å². The highest BCUT2D eigenvalue weighted by Crippen LogP contribution is 2.41. The Morgan fingerprint density at radius 1 is 1.14 bits per heavy atom. The summed E-state index contributed by atoms with van der Waals surface area (Å²) in [5, 5.41) is 5.60. The van der Waals surface area contributed by atoms with E-state index in [0.717, 1.165) is 35.7 Å². The van der Waals surface area contributed by atoms with Gasteiger partial charge in [-0.1, -0.05) is 38.1 Å². The largest absolute Gasteiger partial charge is 0.493 e. The van der Waals surface area contributed by atoms with Crippen LogP contribution in [-0.2, 0) is 21.5 Å². The Kier molecular flexibility index (Phi) is 7.25. The average molecular weight is 481 g/mol. The van der Waals surface area contributed by atoms with Gasteiger partial charge in [0.15, 0.2) is 11.5 Å². The number of nitrogens with one attached hydrogen (secondary N) is 2. The molecular formula is C26H32N4O5. The second-order valence-electron chi connectivity index (χ2n) is 8.67. The Labute approximate surface area is 205 Å². The number of hydrogen-bond donors (Lipinski definition) is 2. The highest BCUT2D eigenvalue weighted by atomic mass is 16.5. The first-order valence-corrected chi connectivity index (χ1v) is 12.0. The maximum absolute atomic E-state index is 13.3. The van der Waals surface area contributed by atoms with Crippen molar-refractivity contribution in [3.05, 3.63) is 53.6 Å². The average Bonchev–Trinajstić information content (AvgIpc) is 3.35. The molecule has 0 bridgehead atoms. The van der Waals surface area contributed by atoms with Gasteiger partial charge < -0.3 is 25.0 Å². The number of likely N-dealkylation sites (N-methyl/N-ethyl adjacent to an activating group) is 1. The number of carbonyl (C=O) groups is 3. The van der Waals surface area contributed by atoms with Gasteiger partial charge in [-0.25, -0.2) is 4.79 Å². The van der Waals surface area contributed by atoms with Crippen LogP contribution in [0.3, 0.4) is 0 Å². The standard InChI is InChI=1S/C26H32N4O5/c1-4-29(5-2)14-15-35-22-16-19(10-11-21(22)34-3)27-23(31)17-30-24(32)26(28-25(30)33)13-12-18-8-6-7-9-20(18)26/h6-11,16H,4-5,12-15,17H2,1-3H3,(H,27,31)(H,28,33). The summed E-state index contributed by atoms with van der Waals surface area (Å²) < 4.78 is 11.3. The van der Waals surface area contributed by atoms with Gasteiger partial charge in [0.1, 0.15) is 18.7 Å². The van der Waals surface area contributed by atoms with E-state index < -0.39 is 23.4 Å². The molecule has 9 heteroatoms. The molecule has 4 amide bonds. The van der Waals surface area contributed by atoms with Crippen molar-refractivity contribution in [3.63, 3.8) is 0 Å². The lowest BCUT2D eigenvalue weighted by molar-refractivity contribution is -0.134. The Hall–Kier alpha value is -3.59. The van der Waals surface area contributed by atoms with Crippen molar-refractivity contribution in [1.82, 2.24) is 15.1 Å². The zero-order chi connectivity index (χ0) is 25.0. The molecule has 1 atom stereocenters. The van der Waals surface area contributed by atoms with Crippen molar-refractivity contribution in [2.24, 2.45) is 0 Å². The summed E-state index contributed by atoms with van der Waals surface area (Å²) in [6.07, 6.45) is 1.19. The van der Waals surface area contributed by atoms with Crippen LogP contribution in [0.5, 0.6) is 11.5 Å². The normalized spacial score (nSPS) is 18.7. The molecule has 2 aromatic carbocycles. The van der Waals surface area contributed by atoms with Crippen LogP contribution in [-0.4, -0.2) is 67.5 Å². The first kappa shape index (κ1) is 24.5. The number of fused-ring (bicyclic) bond motifs is 2. The van der Waals surface area contributed by atoms with E-state index in [1.54, 1.807) is 25.3 Å². The van der Waals surface area contributed by atoms with Gasteiger partial charge in [0.2, 0.25) is 5.91 Å². The topological polar surface area (TPSA) is 100 Å². The third-order valence-electron chi connectivity index (χ3n) is 6.73. The van der Waals surface area contributed by atoms with Gasteiger partial charge in [-0.05, 0) is 49.2 Å². The number of nitrogens with zero attached hydrogens (tertiary/aromatic N) is 2. The van der Waals surface area contributed by atoms with Gasteiger partial charge in [0.05, 0.1) is 7.11 Å². The number of benzene rings is 2. The third kappa shape index (κ3) is 4.81. The molecule has 186 valence electrons. The first-order valence-electron chi connectivity index (χ1n) is 12.0. The summed E-state index contributed by atoms with van der Waals surface area (Å²) in [4.78, 5) is 42.0. The summed E-state index contributed by atoms with van der Waals surface area (Å²) >= 11 is 0. The molecule has 0 saturated carbocycles. The summed E-state index contributed by atoms with van der Waals surface area (Å²) in [6, 6.07) is 12.1. The number of anilines is 1. The number of aryl methyl sites for hydroxylation is 1. The van der Waals surface area contributed by atoms with Gasteiger partial charge in [0.25, 0.3) is 5.91 Å². The smallest absolute Gasteiger partial charge is 0.325 e. The van der Waals surface area contributed by atoms with Crippen molar-refractivity contribution in [1.29, 1.82) is 0 Å². The predicted molar refractivity (Wildman–Crippen MR) is 132 cm³/mol. The van der Waals surface area contributed by atoms with Crippen molar-refractivity contribution in [2.45, 2.75) is 32.2 Å². The van der Waals surface area contributed by atoms with Crippen LogP contribution in [0.4, 0.5) is 10.5 Å². The molecule has 9 nitrogen and oxygen atoms in total. The summed E-state index contributed by atoms with van der Waals surface area (Å²) in [7, 11) is 1.56. The molecule has 4 rings (SSSR count). The minimum absolute atomic E-state index is 0.376. The first-order chi connectivity index (χ1) is 16.9. The fraction of sp³-hybridized carbons (Fsp3) is 0.423. The van der Waals surface area contributed by atoms with Crippen LogP contribution >= 0.6 is 0 Å². The summed E-state index contributed by atoms with van der Waals surface area (Å²) in [5.74, 6) is 0.196. The van der Waals surface area contributed by atoms with E-state index >= 15 is 0 Å². The second-order valence-corrected chi connectivity index (χ2v) is 8.67. The lowest BCUT2D eigenvalue weighted by atomic mass is 9.92. The number of methoxy groups -OCH3 is 1. The maximum Gasteiger partial charge on any atom is 0.325 e. The summed E-state index contributed by atoms with van der Waals surface area (Å²) in [6.45, 7) is 6.92. The SMILES string of the molecule is CCN(CC)CCOc1cc(NC(=O)CN2C(=O)NC3(CCc4ccccc43)C2=O)ccc1OC. The van der Waals surface area contributed by atoms with Crippen LogP contribution in [0.1, 0.15) is 31.4 Å². The fourth-order valence-electron chi connectivity index (χ4n) is 4.77. The second kappa shape index (κ2) is 10.4. The predicted octanol–water partition coefficient (Wildman–Crippen LogP) is 2.75. The van der Waals surface area contributed by atoms with Crippen LogP contribution in [0.25, 0.3) is 0 Å². The molecule has 1 aliphatic carbocycles. The van der Waals surface area contributed by atoms with Crippen LogP contribution in [0, 0.1) is 0 Å². The zero-order valence-corrected chi connectivity index (χ0v) is 20.4. The molecular weight excluding hydrogens is 448 g/mol. The van der Waals surface area contributed by atoms with E-state index in [4.69, 9.17) is 9.47 Å². The molecule has 2 N–H and O–H groups in total. The minimum Gasteiger partial charge on any atom is -0.493 e. The van der Waals surface area contributed by atoms with Gasteiger partial charge in [-0.15, -0.1) is 0 Å². The molecule has 0 radical (unpaired) electrons. The molecule has 1 fully saturated rings. The monoisotopic (exact) mass is 480 g/mol. The Bertz CT molecular complexity index is 1120. The minimum atomic E-state index is -1.08. The quantitative estimate of drug-likeness (QED) is 0.508. The molecule has 2 aromatic rings. The Balaban J connectivity index is 1.41. The maximum atomic E-state index is 13.3. The molecule has 1 aliphatic heterocycles. The Morgan fingerprint density at radius 3 is 2.66 bits per heavy atom. The van der Waals surface area contributed by atoms with Crippen LogP contribution in [0.2, 0.25) is 0 Å². The van der Waals surface area contributed by atoms with E-state index in [9.17, 15) is 14.4 Å². The fourth-order valence-corrected chi connectivity index (χ4v) is 4.77. The number of ether oxygens (including phenoxy) is 2. The van der Waals surface area contributed by atoms with E-state index in [0.29, 0.717) is 36.6 Å². The van der Waals surface area contributed by atoms with Crippen LogP contribution in [0.15, 0.2) is 42.5 Å². The van der Waals surface area contributed by atoms with Crippen molar-refractivity contribution < 1.29 is 23.9 Å². The Morgan fingerprint density at radius 2 is 1.91 bits per heavy atom. The third-order valence-corrected chi connectivity index (χ3v) is 6.73. The molecule has 1 spiro atoms. The lowest BCUT2D eigenvalue weighted by Crippen LogP contribution is -2.43. The van der Waals surface area contributed by atoms with Crippen LogP contribution < -0.4 is 20.1 Å². The molecule has 1 heterocycles.